The normalized spacial score (nSPS) is 18.6. The van der Waals surface area contributed by atoms with E-state index in [2.05, 4.69) is 9.97 Å². The Morgan fingerprint density at radius 1 is 0.967 bits per heavy atom. The lowest BCUT2D eigenvalue weighted by Crippen LogP contribution is -2.14. The molecule has 1 N–H and O–H groups in total. The van der Waals surface area contributed by atoms with E-state index in [0.29, 0.717) is 23.8 Å². The van der Waals surface area contributed by atoms with Gasteiger partial charge in [0.2, 0.25) is 11.6 Å². The number of fused-ring (bicyclic) bond motifs is 1. The Kier molecular flexibility index (Phi) is 4.85. The van der Waals surface area contributed by atoms with E-state index in [4.69, 9.17) is 13.9 Å². The summed E-state index contributed by atoms with van der Waals surface area (Å²) in [6.07, 6.45) is 3.21. The van der Waals surface area contributed by atoms with E-state index in [1.54, 1.807) is 7.11 Å². The van der Waals surface area contributed by atoms with Crippen molar-refractivity contribution in [1.29, 1.82) is 0 Å². The molecule has 6 heteroatoms. The Hall–Kier alpha value is -3.38. The standard InChI is InChI=1S/C24H22N2O4/c1-28-18-10-7-15(8-11-18)20-21-23(29-19-12-9-17(27)13-19)25-14-26-24(21)30-22(20)16-5-3-2-4-6-16/h2-8,10-11,14,17,19,27H,9,12-13H2,1H3/t17-,19-/m0/s1. The van der Waals surface area contributed by atoms with Crippen molar-refractivity contribution >= 4 is 11.1 Å². The van der Waals surface area contributed by atoms with Crippen molar-refractivity contribution in [3.8, 4) is 34.1 Å². The summed E-state index contributed by atoms with van der Waals surface area (Å²) in [5.74, 6) is 1.98. The lowest BCUT2D eigenvalue weighted by Gasteiger charge is -2.13. The van der Waals surface area contributed by atoms with Gasteiger partial charge in [-0.15, -0.1) is 0 Å². The molecule has 2 aromatic carbocycles. The second kappa shape index (κ2) is 7.80. The number of methoxy groups -OCH3 is 1. The maximum atomic E-state index is 9.88. The van der Waals surface area contributed by atoms with Gasteiger partial charge in [0.25, 0.3) is 0 Å². The minimum atomic E-state index is -0.322. The molecule has 0 bridgehead atoms. The molecule has 2 heterocycles. The highest BCUT2D eigenvalue weighted by Crippen LogP contribution is 2.44. The summed E-state index contributed by atoms with van der Waals surface area (Å²) in [6.45, 7) is 0. The van der Waals surface area contributed by atoms with Crippen LogP contribution in [0.3, 0.4) is 0 Å². The molecule has 152 valence electrons. The zero-order valence-corrected chi connectivity index (χ0v) is 16.6. The van der Waals surface area contributed by atoms with Crippen molar-refractivity contribution in [2.24, 2.45) is 0 Å². The lowest BCUT2D eigenvalue weighted by atomic mass is 9.99. The average Bonchev–Trinajstić information content (AvgIpc) is 3.38. The topological polar surface area (TPSA) is 77.6 Å². The molecule has 0 spiro atoms. The number of aromatic nitrogens is 2. The number of nitrogens with zero attached hydrogens (tertiary/aromatic N) is 2. The first-order valence-electron chi connectivity index (χ1n) is 10.0. The molecule has 0 radical (unpaired) electrons. The van der Waals surface area contributed by atoms with Gasteiger partial charge in [0.1, 0.15) is 29.3 Å². The summed E-state index contributed by atoms with van der Waals surface area (Å²) in [5, 5.41) is 10.6. The zero-order chi connectivity index (χ0) is 20.5. The van der Waals surface area contributed by atoms with Gasteiger partial charge in [0.05, 0.1) is 13.2 Å². The zero-order valence-electron chi connectivity index (χ0n) is 16.6. The molecule has 2 atom stereocenters. The van der Waals surface area contributed by atoms with Crippen LogP contribution in [0.4, 0.5) is 0 Å². The molecule has 5 rings (SSSR count). The number of benzene rings is 2. The largest absolute Gasteiger partial charge is 0.497 e. The number of furan rings is 1. The van der Waals surface area contributed by atoms with Gasteiger partial charge in [-0.3, -0.25) is 0 Å². The summed E-state index contributed by atoms with van der Waals surface area (Å²) < 4.78 is 17.7. The van der Waals surface area contributed by atoms with Gasteiger partial charge in [0.15, 0.2) is 0 Å². The van der Waals surface area contributed by atoms with Gasteiger partial charge in [-0.25, -0.2) is 9.97 Å². The van der Waals surface area contributed by atoms with Gasteiger partial charge in [-0.1, -0.05) is 42.5 Å². The van der Waals surface area contributed by atoms with Gasteiger partial charge in [-0.05, 0) is 30.5 Å². The van der Waals surface area contributed by atoms with E-state index < -0.39 is 0 Å². The van der Waals surface area contributed by atoms with Gasteiger partial charge in [-0.2, -0.15) is 0 Å². The Bertz CT molecular complexity index is 1160. The van der Waals surface area contributed by atoms with E-state index in [0.717, 1.165) is 40.7 Å². The summed E-state index contributed by atoms with van der Waals surface area (Å²) in [5.41, 5.74) is 3.26. The minimum absolute atomic E-state index is 0.0723. The molecule has 6 nitrogen and oxygen atoms in total. The average molecular weight is 402 g/mol. The molecule has 0 unspecified atom stereocenters. The van der Waals surface area contributed by atoms with Crippen LogP contribution < -0.4 is 9.47 Å². The molecule has 1 aliphatic rings. The Labute approximate surface area is 174 Å². The van der Waals surface area contributed by atoms with Crippen LogP contribution in [0, 0.1) is 0 Å². The first kappa shape index (κ1) is 18.6. The molecule has 30 heavy (non-hydrogen) atoms. The molecule has 1 fully saturated rings. The van der Waals surface area contributed by atoms with Crippen molar-refractivity contribution in [3.05, 3.63) is 60.9 Å². The molecular weight excluding hydrogens is 380 g/mol. The van der Waals surface area contributed by atoms with Crippen molar-refractivity contribution in [3.63, 3.8) is 0 Å². The summed E-state index contributed by atoms with van der Waals surface area (Å²) in [4.78, 5) is 8.79. The van der Waals surface area contributed by atoms with Crippen molar-refractivity contribution in [2.75, 3.05) is 7.11 Å². The summed E-state index contributed by atoms with van der Waals surface area (Å²) in [7, 11) is 1.65. The predicted octanol–water partition coefficient (Wildman–Crippen LogP) is 4.86. The SMILES string of the molecule is COc1ccc(-c2c(-c3ccccc3)oc3ncnc(O[C@H]4CC[C@H](O)C4)c23)cc1. The predicted molar refractivity (Wildman–Crippen MR) is 114 cm³/mol. The minimum Gasteiger partial charge on any atom is -0.497 e. The molecule has 1 saturated carbocycles. The fraction of sp³-hybridized carbons (Fsp3) is 0.250. The third-order valence-corrected chi connectivity index (χ3v) is 5.50. The molecular formula is C24H22N2O4. The van der Waals surface area contributed by atoms with E-state index in [1.807, 2.05) is 54.6 Å². The molecule has 0 amide bonds. The Morgan fingerprint density at radius 2 is 1.77 bits per heavy atom. The van der Waals surface area contributed by atoms with Gasteiger partial charge < -0.3 is 19.0 Å². The number of aliphatic hydroxyl groups excluding tert-OH is 1. The van der Waals surface area contributed by atoms with Gasteiger partial charge >= 0.3 is 0 Å². The fourth-order valence-electron chi connectivity index (χ4n) is 4.00. The van der Waals surface area contributed by atoms with E-state index in [-0.39, 0.29) is 12.2 Å². The third kappa shape index (κ3) is 3.39. The van der Waals surface area contributed by atoms with E-state index in [9.17, 15) is 5.11 Å². The van der Waals surface area contributed by atoms with E-state index in [1.165, 1.54) is 6.33 Å². The number of aliphatic hydroxyl groups is 1. The second-order valence-electron chi connectivity index (χ2n) is 7.47. The van der Waals surface area contributed by atoms with Crippen LogP contribution in [-0.2, 0) is 0 Å². The maximum Gasteiger partial charge on any atom is 0.234 e. The van der Waals surface area contributed by atoms with Crippen molar-refractivity contribution in [2.45, 2.75) is 31.5 Å². The first-order valence-corrected chi connectivity index (χ1v) is 10.0. The quantitative estimate of drug-likeness (QED) is 0.514. The molecule has 2 aromatic heterocycles. The molecule has 1 aliphatic carbocycles. The number of hydrogen-bond acceptors (Lipinski definition) is 6. The lowest BCUT2D eigenvalue weighted by molar-refractivity contribution is 0.148. The van der Waals surface area contributed by atoms with Crippen LogP contribution in [0.1, 0.15) is 19.3 Å². The molecule has 0 saturated heterocycles. The monoisotopic (exact) mass is 402 g/mol. The maximum absolute atomic E-state index is 9.88. The number of hydrogen-bond donors (Lipinski definition) is 1. The third-order valence-electron chi connectivity index (χ3n) is 5.50. The fourth-order valence-corrected chi connectivity index (χ4v) is 4.00. The van der Waals surface area contributed by atoms with Crippen LogP contribution in [0.5, 0.6) is 11.6 Å². The Balaban J connectivity index is 1.70. The van der Waals surface area contributed by atoms with Gasteiger partial charge in [0, 0.05) is 17.5 Å². The van der Waals surface area contributed by atoms with Crippen LogP contribution in [-0.4, -0.2) is 34.4 Å². The molecule has 0 aliphatic heterocycles. The van der Waals surface area contributed by atoms with Crippen LogP contribution in [0.25, 0.3) is 33.6 Å². The second-order valence-corrected chi connectivity index (χ2v) is 7.47. The van der Waals surface area contributed by atoms with Crippen LogP contribution in [0.15, 0.2) is 65.3 Å². The van der Waals surface area contributed by atoms with Crippen LogP contribution in [0.2, 0.25) is 0 Å². The highest BCUT2D eigenvalue weighted by atomic mass is 16.5. The summed E-state index contributed by atoms with van der Waals surface area (Å²) >= 11 is 0. The smallest absolute Gasteiger partial charge is 0.234 e. The number of rotatable bonds is 5. The Morgan fingerprint density at radius 3 is 2.47 bits per heavy atom. The van der Waals surface area contributed by atoms with E-state index >= 15 is 0 Å². The van der Waals surface area contributed by atoms with Crippen molar-refractivity contribution in [1.82, 2.24) is 9.97 Å². The molecule has 4 aromatic rings. The van der Waals surface area contributed by atoms with Crippen LogP contribution >= 0.6 is 0 Å². The summed E-state index contributed by atoms with van der Waals surface area (Å²) in [6, 6.07) is 17.8. The highest BCUT2D eigenvalue weighted by molar-refractivity contribution is 6.03. The number of ether oxygens (including phenoxy) is 2. The van der Waals surface area contributed by atoms with Crippen molar-refractivity contribution < 1.29 is 19.0 Å². The highest BCUT2D eigenvalue weighted by Gasteiger charge is 2.28. The first-order chi connectivity index (χ1) is 14.7.